The Labute approximate surface area is 117 Å². The predicted molar refractivity (Wildman–Crippen MR) is 77.9 cm³/mol. The Morgan fingerprint density at radius 1 is 1.21 bits per heavy atom. The van der Waals surface area contributed by atoms with Crippen molar-refractivity contribution >= 4 is 17.2 Å². The van der Waals surface area contributed by atoms with Gasteiger partial charge in [-0.25, -0.2) is 4.98 Å². The smallest absolute Gasteiger partial charge is 0.169 e. The van der Waals surface area contributed by atoms with E-state index >= 15 is 0 Å². The van der Waals surface area contributed by atoms with Crippen molar-refractivity contribution in [2.24, 2.45) is 5.73 Å². The average molecular weight is 274 g/mol. The largest absolute Gasteiger partial charge is 0.493 e. The Balaban J connectivity index is 2.23. The van der Waals surface area contributed by atoms with Crippen LogP contribution in [-0.4, -0.2) is 17.1 Å². The summed E-state index contributed by atoms with van der Waals surface area (Å²) in [5, 5.41) is 0. The Morgan fingerprint density at radius 3 is 2.58 bits per heavy atom. The Hall–Kier alpha value is -2.14. The third-order valence-electron chi connectivity index (χ3n) is 2.54. The molecule has 0 unspecified atom stereocenters. The maximum absolute atomic E-state index is 5.72. The summed E-state index contributed by atoms with van der Waals surface area (Å²) < 4.78 is 11.0. The predicted octanol–water partition coefficient (Wildman–Crippen LogP) is 2.83. The molecule has 0 saturated carbocycles. The van der Waals surface area contributed by atoms with E-state index in [9.17, 15) is 0 Å². The maximum Gasteiger partial charge on any atom is 0.169 e. The molecule has 2 N–H and O–H groups in total. The highest BCUT2D eigenvalue weighted by Crippen LogP contribution is 2.31. The van der Waals surface area contributed by atoms with E-state index in [0.29, 0.717) is 22.9 Å². The molecule has 0 aliphatic heterocycles. The highest BCUT2D eigenvalue weighted by atomic mass is 32.1. The number of benzene rings is 1. The zero-order valence-electron chi connectivity index (χ0n) is 10.7. The normalized spacial score (nSPS) is 10.0. The van der Waals surface area contributed by atoms with Crippen LogP contribution >= 0.6 is 12.2 Å². The van der Waals surface area contributed by atoms with Crippen molar-refractivity contribution in [3.8, 4) is 17.2 Å². The second kappa shape index (κ2) is 5.67. The number of nitrogens with zero attached hydrogens (tertiary/aromatic N) is 1. The number of aromatic nitrogens is 1. The van der Waals surface area contributed by atoms with Crippen LogP contribution in [0.3, 0.4) is 0 Å². The molecular formula is C14H14N2O2S. The van der Waals surface area contributed by atoms with Gasteiger partial charge in [0.2, 0.25) is 0 Å². The van der Waals surface area contributed by atoms with Gasteiger partial charge in [0.15, 0.2) is 11.5 Å². The first-order valence-corrected chi connectivity index (χ1v) is 6.09. The molecule has 98 valence electrons. The fourth-order valence-electron chi connectivity index (χ4n) is 1.57. The van der Waals surface area contributed by atoms with Gasteiger partial charge < -0.3 is 15.2 Å². The summed E-state index contributed by atoms with van der Waals surface area (Å²) in [7, 11) is 1.61. The second-order valence-corrected chi connectivity index (χ2v) is 4.44. The molecule has 0 fully saturated rings. The third kappa shape index (κ3) is 3.20. The molecule has 0 saturated heterocycles. The van der Waals surface area contributed by atoms with Gasteiger partial charge in [0.25, 0.3) is 0 Å². The number of ether oxygens (including phenoxy) is 2. The standard InChI is InChI=1S/C14H14N2O2S/c1-9-3-6-12(13(7-9)17-2)18-10-4-5-11(14(15)19)16-8-10/h3-8H,1-2H3,(H2,15,19). The van der Waals surface area contributed by atoms with Crippen LogP contribution in [0.25, 0.3) is 0 Å². The van der Waals surface area contributed by atoms with Gasteiger partial charge in [-0.3, -0.25) is 0 Å². The summed E-state index contributed by atoms with van der Waals surface area (Å²) in [5.74, 6) is 1.92. The second-order valence-electron chi connectivity index (χ2n) is 4.00. The monoisotopic (exact) mass is 274 g/mol. The third-order valence-corrected chi connectivity index (χ3v) is 2.74. The van der Waals surface area contributed by atoms with Crippen LogP contribution in [-0.2, 0) is 0 Å². The number of thiocarbonyl (C=S) groups is 1. The average Bonchev–Trinajstić information content (AvgIpc) is 2.41. The van der Waals surface area contributed by atoms with E-state index in [2.05, 4.69) is 4.98 Å². The van der Waals surface area contributed by atoms with E-state index in [0.717, 1.165) is 5.56 Å². The number of pyridine rings is 1. The topological polar surface area (TPSA) is 57.4 Å². The molecule has 0 aliphatic rings. The molecule has 1 heterocycles. The summed E-state index contributed by atoms with van der Waals surface area (Å²) in [6.45, 7) is 1.99. The number of aryl methyl sites for hydroxylation is 1. The molecule has 1 aromatic heterocycles. The molecule has 0 atom stereocenters. The lowest BCUT2D eigenvalue weighted by molar-refractivity contribution is 0.378. The SMILES string of the molecule is COc1cc(C)ccc1Oc1ccc(C(N)=S)nc1. The van der Waals surface area contributed by atoms with Crippen molar-refractivity contribution < 1.29 is 9.47 Å². The van der Waals surface area contributed by atoms with Crippen LogP contribution in [0.1, 0.15) is 11.3 Å². The van der Waals surface area contributed by atoms with Crippen LogP contribution in [0.2, 0.25) is 0 Å². The summed E-state index contributed by atoms with van der Waals surface area (Å²) in [6.07, 6.45) is 1.58. The first-order chi connectivity index (χ1) is 9.10. The lowest BCUT2D eigenvalue weighted by Gasteiger charge is -2.10. The number of hydrogen-bond acceptors (Lipinski definition) is 4. The van der Waals surface area contributed by atoms with Gasteiger partial charge in [-0.1, -0.05) is 18.3 Å². The van der Waals surface area contributed by atoms with Crippen molar-refractivity contribution in [1.82, 2.24) is 4.98 Å². The van der Waals surface area contributed by atoms with Crippen LogP contribution in [0.4, 0.5) is 0 Å². The molecule has 5 heteroatoms. The first kappa shape index (κ1) is 13.3. The van der Waals surface area contributed by atoms with E-state index in [4.69, 9.17) is 27.4 Å². The van der Waals surface area contributed by atoms with Gasteiger partial charge in [0, 0.05) is 0 Å². The number of methoxy groups -OCH3 is 1. The number of hydrogen-bond donors (Lipinski definition) is 1. The Bertz CT molecular complexity index is 597. The van der Waals surface area contributed by atoms with Crippen molar-refractivity contribution in [3.63, 3.8) is 0 Å². The van der Waals surface area contributed by atoms with Crippen LogP contribution < -0.4 is 15.2 Å². The highest BCUT2D eigenvalue weighted by Gasteiger charge is 2.06. The Kier molecular flexibility index (Phi) is 3.97. The minimum absolute atomic E-state index is 0.263. The van der Waals surface area contributed by atoms with E-state index in [1.165, 1.54) is 0 Å². The zero-order chi connectivity index (χ0) is 13.8. The lowest BCUT2D eigenvalue weighted by Crippen LogP contribution is -2.10. The van der Waals surface area contributed by atoms with E-state index in [1.54, 1.807) is 25.4 Å². The molecule has 1 aromatic carbocycles. The molecule has 0 aliphatic carbocycles. The molecule has 0 bridgehead atoms. The minimum atomic E-state index is 0.263. The van der Waals surface area contributed by atoms with Crippen molar-refractivity contribution in [2.75, 3.05) is 7.11 Å². The fraction of sp³-hybridized carbons (Fsp3) is 0.143. The molecule has 0 amide bonds. The highest BCUT2D eigenvalue weighted by molar-refractivity contribution is 7.80. The van der Waals surface area contributed by atoms with Gasteiger partial charge in [0.1, 0.15) is 10.7 Å². The maximum atomic E-state index is 5.72. The van der Waals surface area contributed by atoms with Gasteiger partial charge in [-0.15, -0.1) is 0 Å². The van der Waals surface area contributed by atoms with E-state index < -0.39 is 0 Å². The number of rotatable bonds is 4. The molecule has 0 spiro atoms. The van der Waals surface area contributed by atoms with Crippen molar-refractivity contribution in [1.29, 1.82) is 0 Å². The lowest BCUT2D eigenvalue weighted by atomic mass is 10.2. The molecule has 19 heavy (non-hydrogen) atoms. The fourth-order valence-corrected chi connectivity index (χ4v) is 1.69. The number of nitrogens with two attached hydrogens (primary N) is 1. The molecule has 2 rings (SSSR count). The summed E-state index contributed by atoms with van der Waals surface area (Å²) in [4.78, 5) is 4.38. The van der Waals surface area contributed by atoms with Crippen LogP contribution in [0.15, 0.2) is 36.5 Å². The molecule has 0 radical (unpaired) electrons. The van der Waals surface area contributed by atoms with Gasteiger partial charge in [-0.05, 0) is 36.8 Å². The van der Waals surface area contributed by atoms with Gasteiger partial charge >= 0.3 is 0 Å². The minimum Gasteiger partial charge on any atom is -0.493 e. The van der Waals surface area contributed by atoms with Gasteiger partial charge in [-0.2, -0.15) is 0 Å². The zero-order valence-corrected chi connectivity index (χ0v) is 11.5. The summed E-state index contributed by atoms with van der Waals surface area (Å²) >= 11 is 4.84. The van der Waals surface area contributed by atoms with E-state index in [1.807, 2.05) is 25.1 Å². The van der Waals surface area contributed by atoms with E-state index in [-0.39, 0.29) is 4.99 Å². The molecule has 4 nitrogen and oxygen atoms in total. The van der Waals surface area contributed by atoms with Gasteiger partial charge in [0.05, 0.1) is 19.0 Å². The van der Waals surface area contributed by atoms with Crippen molar-refractivity contribution in [3.05, 3.63) is 47.8 Å². The van der Waals surface area contributed by atoms with Crippen molar-refractivity contribution in [2.45, 2.75) is 6.92 Å². The Morgan fingerprint density at radius 2 is 2.00 bits per heavy atom. The first-order valence-electron chi connectivity index (χ1n) is 5.68. The van der Waals surface area contributed by atoms with Crippen LogP contribution in [0, 0.1) is 6.92 Å². The molecular weight excluding hydrogens is 260 g/mol. The quantitative estimate of drug-likeness (QED) is 0.869. The molecule has 2 aromatic rings. The summed E-state index contributed by atoms with van der Waals surface area (Å²) in [6, 6.07) is 9.20. The summed E-state index contributed by atoms with van der Waals surface area (Å²) in [5.41, 5.74) is 7.16. The van der Waals surface area contributed by atoms with Crippen LogP contribution in [0.5, 0.6) is 17.2 Å².